The van der Waals surface area contributed by atoms with Gasteiger partial charge in [-0.05, 0) is 78.9 Å². The molecule has 0 fully saturated rings. The molecule has 0 atom stereocenters. The molecule has 0 radical (unpaired) electrons. The van der Waals surface area contributed by atoms with E-state index >= 15 is 0 Å². The zero-order valence-electron chi connectivity index (χ0n) is 35.1. The molecule has 0 unspecified atom stereocenters. The monoisotopic (exact) mass is 847 g/mol. The van der Waals surface area contributed by atoms with Gasteiger partial charge in [0.1, 0.15) is 5.82 Å². The van der Waals surface area contributed by atoms with Gasteiger partial charge in [-0.25, -0.2) is 24.2 Å². The van der Waals surface area contributed by atoms with E-state index in [1.807, 2.05) is 97.1 Å². The normalized spacial score (nSPS) is 11.7. The van der Waals surface area contributed by atoms with Crippen molar-refractivity contribution >= 4 is 71.1 Å². The smallest absolute Gasteiger partial charge is 0.187 e. The minimum absolute atomic E-state index is 0.292. The summed E-state index contributed by atoms with van der Waals surface area (Å²) in [6, 6.07) is 68.9. The van der Waals surface area contributed by atoms with Crippen LogP contribution in [0.4, 0.5) is 10.1 Å². The maximum Gasteiger partial charge on any atom is 0.187 e. The second kappa shape index (κ2) is 14.7. The molecule has 0 saturated heterocycles. The molecule has 4 heterocycles. The Kier molecular flexibility index (Phi) is 8.32. The van der Waals surface area contributed by atoms with Gasteiger partial charge in [0.25, 0.3) is 0 Å². The lowest BCUT2D eigenvalue weighted by atomic mass is 10.0. The number of fused-ring (bicyclic) bond motifs is 12. The number of hydrogen-bond acceptors (Lipinski definition) is 3. The van der Waals surface area contributed by atoms with Crippen LogP contribution in [0.3, 0.4) is 0 Å². The lowest BCUT2D eigenvalue weighted by Crippen LogP contribution is -2.00. The third-order valence-electron chi connectivity index (χ3n) is 12.7. The largest absolute Gasteiger partial charge is 0.309 e. The molecule has 0 aliphatic heterocycles. The van der Waals surface area contributed by atoms with Gasteiger partial charge < -0.3 is 13.7 Å². The molecule has 0 aliphatic carbocycles. The van der Waals surface area contributed by atoms with Crippen LogP contribution in [-0.2, 0) is 0 Å². The summed E-state index contributed by atoms with van der Waals surface area (Å²) in [5, 5.41) is 6.53. The van der Waals surface area contributed by atoms with Crippen molar-refractivity contribution in [1.29, 1.82) is 0 Å². The zero-order valence-corrected chi connectivity index (χ0v) is 35.1. The van der Waals surface area contributed by atoms with Gasteiger partial charge in [0, 0.05) is 66.1 Å². The SMILES string of the molecule is [C-]#[N+]c1ccc(-n2c3ccccc3c3c2c2c4ccccc4n(-c4ccc(F)cc4)c2c2c4ccccc4n(-c4ccc(-c5nc(-c6ccccc6)nc(-c6ccccc6)n5)cc4)c23)cc1. The number of halogens is 1. The highest BCUT2D eigenvalue weighted by Gasteiger charge is 2.29. The van der Waals surface area contributed by atoms with Crippen LogP contribution in [0.5, 0.6) is 0 Å². The Bertz CT molecular complexity index is 4030. The maximum atomic E-state index is 14.7. The van der Waals surface area contributed by atoms with E-state index in [0.29, 0.717) is 23.2 Å². The van der Waals surface area contributed by atoms with Crippen molar-refractivity contribution < 1.29 is 4.39 Å². The average Bonchev–Trinajstić information content (AvgIpc) is 4.03. The molecule has 0 saturated carbocycles. The van der Waals surface area contributed by atoms with Crippen molar-refractivity contribution in [2.45, 2.75) is 0 Å². The van der Waals surface area contributed by atoms with Gasteiger partial charge in [-0.3, -0.25) is 0 Å². The molecule has 13 rings (SSSR count). The van der Waals surface area contributed by atoms with Crippen molar-refractivity contribution in [2.24, 2.45) is 0 Å². The van der Waals surface area contributed by atoms with Crippen molar-refractivity contribution in [1.82, 2.24) is 28.7 Å². The second-order valence-corrected chi connectivity index (χ2v) is 16.4. The van der Waals surface area contributed by atoms with E-state index in [1.165, 1.54) is 12.1 Å². The van der Waals surface area contributed by atoms with E-state index in [1.54, 1.807) is 0 Å². The van der Waals surface area contributed by atoms with Crippen LogP contribution in [0, 0.1) is 12.4 Å². The summed E-state index contributed by atoms with van der Waals surface area (Å²) in [7, 11) is 0. The van der Waals surface area contributed by atoms with Gasteiger partial charge in [-0.15, -0.1) is 0 Å². The molecule has 8 heteroatoms. The Balaban J connectivity index is 1.16. The standard InChI is InChI=1S/C58H34FN7/c1-60-40-28-34-43(35-29-40)66-49-23-13-10-20-46(49)51-53-50(54-52(55(51)66)45-19-9-12-22-48(45)65(54)42-32-26-39(59)27-33-42)44-18-8-11-21-47(44)64(53)41-30-24-38(25-31-41)58-62-56(36-14-4-2-5-15-36)61-57(63-58)37-16-6-3-7-17-37/h2-35H. The Hall–Kier alpha value is -9.19. The molecular weight excluding hydrogens is 814 g/mol. The molecular formula is C58H34FN7. The average molecular weight is 848 g/mol. The Morgan fingerprint density at radius 3 is 1.05 bits per heavy atom. The first kappa shape index (κ1) is 37.4. The van der Waals surface area contributed by atoms with Crippen molar-refractivity contribution in [3.63, 3.8) is 0 Å². The number of hydrogen-bond donors (Lipinski definition) is 0. The zero-order chi connectivity index (χ0) is 43.9. The van der Waals surface area contributed by atoms with Crippen molar-refractivity contribution in [3.8, 4) is 51.2 Å². The Morgan fingerprint density at radius 1 is 0.348 bits per heavy atom. The Morgan fingerprint density at radius 2 is 0.667 bits per heavy atom. The molecule has 0 amide bonds. The van der Waals surface area contributed by atoms with Gasteiger partial charge in [-0.2, -0.15) is 0 Å². The summed E-state index contributed by atoms with van der Waals surface area (Å²) in [5.41, 5.74) is 12.2. The van der Waals surface area contributed by atoms with Crippen LogP contribution in [-0.4, -0.2) is 28.7 Å². The number of para-hydroxylation sites is 3. The molecule has 308 valence electrons. The number of aromatic nitrogens is 6. The predicted molar refractivity (Wildman–Crippen MR) is 265 cm³/mol. The van der Waals surface area contributed by atoms with Gasteiger partial charge in [-0.1, -0.05) is 127 Å². The Labute approximate surface area is 377 Å². The summed E-state index contributed by atoms with van der Waals surface area (Å²) >= 11 is 0. The van der Waals surface area contributed by atoms with E-state index in [9.17, 15) is 4.39 Å². The van der Waals surface area contributed by atoms with Crippen LogP contribution in [0.2, 0.25) is 0 Å². The van der Waals surface area contributed by atoms with Crippen LogP contribution in [0.15, 0.2) is 206 Å². The van der Waals surface area contributed by atoms with E-state index < -0.39 is 0 Å². The number of nitrogens with zero attached hydrogens (tertiary/aromatic N) is 7. The van der Waals surface area contributed by atoms with Crippen molar-refractivity contribution in [3.05, 3.63) is 223 Å². The lowest BCUT2D eigenvalue weighted by Gasteiger charge is -2.14. The number of benzene rings is 9. The molecule has 7 nitrogen and oxygen atoms in total. The fourth-order valence-corrected chi connectivity index (χ4v) is 9.92. The van der Waals surface area contributed by atoms with Crippen LogP contribution in [0.25, 0.3) is 121 Å². The maximum absolute atomic E-state index is 14.7. The fraction of sp³-hybridized carbons (Fsp3) is 0. The minimum atomic E-state index is -0.292. The highest BCUT2D eigenvalue weighted by atomic mass is 19.1. The first-order valence-corrected chi connectivity index (χ1v) is 21.8. The fourth-order valence-electron chi connectivity index (χ4n) is 9.92. The van der Waals surface area contributed by atoms with E-state index in [2.05, 4.69) is 116 Å². The van der Waals surface area contributed by atoms with Gasteiger partial charge >= 0.3 is 0 Å². The topological polar surface area (TPSA) is 57.8 Å². The molecule has 4 aromatic heterocycles. The van der Waals surface area contributed by atoms with Gasteiger partial charge in [0.15, 0.2) is 23.2 Å². The molecule has 0 spiro atoms. The second-order valence-electron chi connectivity index (χ2n) is 16.4. The quantitative estimate of drug-likeness (QED) is 0.157. The van der Waals surface area contributed by atoms with Crippen LogP contribution < -0.4 is 0 Å². The highest BCUT2D eigenvalue weighted by molar-refractivity contribution is 6.40. The van der Waals surface area contributed by atoms with Crippen molar-refractivity contribution in [2.75, 3.05) is 0 Å². The van der Waals surface area contributed by atoms with E-state index in [4.69, 9.17) is 21.5 Å². The summed E-state index contributed by atoms with van der Waals surface area (Å²) in [5.74, 6) is 1.50. The molecule has 66 heavy (non-hydrogen) atoms. The first-order valence-electron chi connectivity index (χ1n) is 21.8. The van der Waals surface area contributed by atoms with Gasteiger partial charge in [0.05, 0.1) is 39.7 Å². The van der Waals surface area contributed by atoms with E-state index in [0.717, 1.165) is 99.2 Å². The van der Waals surface area contributed by atoms with Gasteiger partial charge in [0.2, 0.25) is 0 Å². The minimum Gasteiger partial charge on any atom is -0.309 e. The molecule has 0 N–H and O–H groups in total. The first-order chi connectivity index (χ1) is 32.6. The predicted octanol–water partition coefficient (Wildman–Crippen LogP) is 14.9. The molecule has 9 aromatic carbocycles. The molecule has 0 bridgehead atoms. The van der Waals surface area contributed by atoms with E-state index in [-0.39, 0.29) is 5.82 Å². The summed E-state index contributed by atoms with van der Waals surface area (Å²) in [6.45, 7) is 7.73. The lowest BCUT2D eigenvalue weighted by molar-refractivity contribution is 0.627. The molecule has 0 aliphatic rings. The summed E-state index contributed by atoms with van der Waals surface area (Å²) < 4.78 is 21.8. The summed E-state index contributed by atoms with van der Waals surface area (Å²) in [6.07, 6.45) is 0. The van der Waals surface area contributed by atoms with Crippen LogP contribution >= 0.6 is 0 Å². The summed E-state index contributed by atoms with van der Waals surface area (Å²) in [4.78, 5) is 18.7. The number of rotatable bonds is 6. The molecule has 13 aromatic rings. The van der Waals surface area contributed by atoms with Crippen LogP contribution in [0.1, 0.15) is 0 Å². The third kappa shape index (κ3) is 5.64. The third-order valence-corrected chi connectivity index (χ3v) is 12.7. The highest BCUT2D eigenvalue weighted by Crippen LogP contribution is 2.50.